The van der Waals surface area contributed by atoms with E-state index in [1.165, 1.54) is 0 Å². The molecule has 0 unspecified atom stereocenters. The standard InChI is InChI=1S/C33H34N2O5/c1-22-18-27-28(19-23(22)2)40-32-29(31(27)36)30(35(33(32)37)13-7-12-34-14-16-38-17-15-34)25-10-6-11-26(20-25)39-21-24-8-4-3-5-9-24/h3-6,8-11,18-20,30H,7,12-17,21H2,1-2H3/t30-/m1/s1. The molecule has 3 aromatic carbocycles. The number of fused-ring (bicyclic) bond motifs is 2. The number of ether oxygens (including phenoxy) is 2. The summed E-state index contributed by atoms with van der Waals surface area (Å²) in [5.41, 5.74) is 4.64. The SMILES string of the molecule is Cc1cc2oc3c(c(=O)c2cc1C)[C@@H](c1cccc(OCc2ccccc2)c1)N(CCCN1CCOCC1)C3=O. The Bertz CT molecular complexity index is 1590. The van der Waals surface area contributed by atoms with Crippen LogP contribution in [-0.4, -0.2) is 55.1 Å². The molecule has 1 atom stereocenters. The van der Waals surface area contributed by atoms with Crippen molar-refractivity contribution < 1.29 is 18.7 Å². The van der Waals surface area contributed by atoms with E-state index in [2.05, 4.69) is 4.90 Å². The van der Waals surface area contributed by atoms with Crippen molar-refractivity contribution >= 4 is 16.9 Å². The van der Waals surface area contributed by atoms with Crippen molar-refractivity contribution in [3.8, 4) is 5.75 Å². The predicted molar refractivity (Wildman–Crippen MR) is 154 cm³/mol. The van der Waals surface area contributed by atoms with Gasteiger partial charge < -0.3 is 18.8 Å². The fourth-order valence-electron chi connectivity index (χ4n) is 5.66. The number of carbonyl (C=O) groups is 1. The molecule has 0 N–H and O–H groups in total. The van der Waals surface area contributed by atoms with Crippen LogP contribution in [0.2, 0.25) is 0 Å². The average Bonchev–Trinajstić information content (AvgIpc) is 3.26. The van der Waals surface area contributed by atoms with Crippen LogP contribution in [0.3, 0.4) is 0 Å². The van der Waals surface area contributed by atoms with Gasteiger partial charge in [0.15, 0.2) is 5.43 Å². The lowest BCUT2D eigenvalue weighted by Crippen LogP contribution is -2.38. The first-order chi connectivity index (χ1) is 19.5. The largest absolute Gasteiger partial charge is 0.489 e. The fourth-order valence-corrected chi connectivity index (χ4v) is 5.66. The molecule has 1 fully saturated rings. The Morgan fingerprint density at radius 3 is 2.48 bits per heavy atom. The van der Waals surface area contributed by atoms with Crippen LogP contribution in [0.15, 0.2) is 75.9 Å². The third-order valence-electron chi connectivity index (χ3n) is 7.98. The molecule has 1 aromatic heterocycles. The summed E-state index contributed by atoms with van der Waals surface area (Å²) in [6, 6.07) is 20.9. The summed E-state index contributed by atoms with van der Waals surface area (Å²) in [6.07, 6.45) is 0.784. The maximum Gasteiger partial charge on any atom is 0.290 e. The van der Waals surface area contributed by atoms with Crippen LogP contribution in [0.5, 0.6) is 5.75 Å². The molecule has 0 spiro atoms. The van der Waals surface area contributed by atoms with Crippen molar-refractivity contribution in [3.63, 3.8) is 0 Å². The monoisotopic (exact) mass is 538 g/mol. The van der Waals surface area contributed by atoms with Gasteiger partial charge in [-0.1, -0.05) is 42.5 Å². The quantitative estimate of drug-likeness (QED) is 0.305. The molecule has 1 saturated heterocycles. The molecule has 7 heteroatoms. The average molecular weight is 539 g/mol. The van der Waals surface area contributed by atoms with Crippen LogP contribution in [0, 0.1) is 13.8 Å². The molecule has 0 aliphatic carbocycles. The number of rotatable bonds is 8. The van der Waals surface area contributed by atoms with E-state index in [9.17, 15) is 9.59 Å². The number of benzene rings is 3. The molecule has 0 saturated carbocycles. The summed E-state index contributed by atoms with van der Waals surface area (Å²) < 4.78 is 17.8. The number of nitrogens with zero attached hydrogens (tertiary/aromatic N) is 2. The molecule has 206 valence electrons. The van der Waals surface area contributed by atoms with Gasteiger partial charge in [-0.05, 0) is 66.8 Å². The van der Waals surface area contributed by atoms with Crippen molar-refractivity contribution in [1.29, 1.82) is 0 Å². The Kier molecular flexibility index (Phi) is 7.41. The van der Waals surface area contributed by atoms with Crippen molar-refractivity contribution in [3.05, 3.63) is 111 Å². The van der Waals surface area contributed by atoms with E-state index in [0.717, 1.165) is 61.5 Å². The highest BCUT2D eigenvalue weighted by Crippen LogP contribution is 2.39. The molecule has 4 aromatic rings. The zero-order valence-electron chi connectivity index (χ0n) is 23.0. The Morgan fingerprint density at radius 2 is 1.68 bits per heavy atom. The minimum Gasteiger partial charge on any atom is -0.489 e. The van der Waals surface area contributed by atoms with Gasteiger partial charge in [-0.15, -0.1) is 0 Å². The molecular formula is C33H34N2O5. The Balaban J connectivity index is 1.36. The first kappa shape index (κ1) is 26.3. The van der Waals surface area contributed by atoms with E-state index >= 15 is 0 Å². The first-order valence-electron chi connectivity index (χ1n) is 14.0. The summed E-state index contributed by atoms with van der Waals surface area (Å²) in [5.74, 6) is 0.592. The van der Waals surface area contributed by atoms with E-state index in [1.54, 1.807) is 4.90 Å². The number of aryl methyl sites for hydroxylation is 2. The third-order valence-corrected chi connectivity index (χ3v) is 7.98. The highest BCUT2D eigenvalue weighted by molar-refractivity contribution is 5.99. The summed E-state index contributed by atoms with van der Waals surface area (Å²) in [6.45, 7) is 9.00. The summed E-state index contributed by atoms with van der Waals surface area (Å²) in [4.78, 5) is 32.0. The van der Waals surface area contributed by atoms with E-state index in [1.807, 2.05) is 80.6 Å². The normalized spacial score (nSPS) is 17.4. The zero-order valence-corrected chi connectivity index (χ0v) is 23.0. The second-order valence-corrected chi connectivity index (χ2v) is 10.7. The summed E-state index contributed by atoms with van der Waals surface area (Å²) in [5, 5.41) is 0.506. The summed E-state index contributed by atoms with van der Waals surface area (Å²) in [7, 11) is 0. The van der Waals surface area contributed by atoms with E-state index in [-0.39, 0.29) is 17.1 Å². The van der Waals surface area contributed by atoms with Crippen LogP contribution in [0.25, 0.3) is 11.0 Å². The molecule has 0 radical (unpaired) electrons. The van der Waals surface area contributed by atoms with Gasteiger partial charge in [-0.25, -0.2) is 0 Å². The number of morpholine rings is 1. The van der Waals surface area contributed by atoms with Crippen LogP contribution in [0.1, 0.15) is 50.8 Å². The van der Waals surface area contributed by atoms with Crippen molar-refractivity contribution in [2.45, 2.75) is 32.9 Å². The lowest BCUT2D eigenvalue weighted by Gasteiger charge is -2.29. The van der Waals surface area contributed by atoms with Gasteiger partial charge in [0.05, 0.1) is 30.2 Å². The highest BCUT2D eigenvalue weighted by atomic mass is 16.5. The molecule has 40 heavy (non-hydrogen) atoms. The van der Waals surface area contributed by atoms with E-state index < -0.39 is 6.04 Å². The molecular weight excluding hydrogens is 504 g/mol. The predicted octanol–water partition coefficient (Wildman–Crippen LogP) is 5.26. The maximum atomic E-state index is 14.0. The van der Waals surface area contributed by atoms with Crippen LogP contribution in [-0.2, 0) is 11.3 Å². The van der Waals surface area contributed by atoms with Crippen LogP contribution >= 0.6 is 0 Å². The number of hydrogen-bond acceptors (Lipinski definition) is 6. The van der Waals surface area contributed by atoms with E-state index in [4.69, 9.17) is 13.9 Å². The molecule has 7 nitrogen and oxygen atoms in total. The number of amides is 1. The number of carbonyl (C=O) groups excluding carboxylic acids is 1. The summed E-state index contributed by atoms with van der Waals surface area (Å²) >= 11 is 0. The lowest BCUT2D eigenvalue weighted by molar-refractivity contribution is 0.0353. The van der Waals surface area contributed by atoms with Gasteiger partial charge in [-0.3, -0.25) is 14.5 Å². The third kappa shape index (κ3) is 5.15. The smallest absolute Gasteiger partial charge is 0.290 e. The van der Waals surface area contributed by atoms with Gasteiger partial charge in [0.1, 0.15) is 17.9 Å². The van der Waals surface area contributed by atoms with Crippen molar-refractivity contribution in [1.82, 2.24) is 9.80 Å². The van der Waals surface area contributed by atoms with Crippen molar-refractivity contribution in [2.24, 2.45) is 0 Å². The van der Waals surface area contributed by atoms with Crippen molar-refractivity contribution in [2.75, 3.05) is 39.4 Å². The van der Waals surface area contributed by atoms with Crippen LogP contribution in [0.4, 0.5) is 0 Å². The lowest BCUT2D eigenvalue weighted by atomic mass is 9.97. The Morgan fingerprint density at radius 1 is 0.900 bits per heavy atom. The minimum absolute atomic E-state index is 0.146. The second-order valence-electron chi connectivity index (χ2n) is 10.7. The Labute approximate surface area is 233 Å². The van der Waals surface area contributed by atoms with Gasteiger partial charge >= 0.3 is 0 Å². The molecule has 6 rings (SSSR count). The van der Waals surface area contributed by atoms with Gasteiger partial charge in [0, 0.05) is 26.2 Å². The second kappa shape index (κ2) is 11.3. The maximum absolute atomic E-state index is 14.0. The molecule has 3 heterocycles. The molecule has 0 bridgehead atoms. The van der Waals surface area contributed by atoms with Gasteiger partial charge in [0.2, 0.25) is 5.76 Å². The molecule has 2 aliphatic rings. The van der Waals surface area contributed by atoms with Gasteiger partial charge in [-0.2, -0.15) is 0 Å². The molecule has 2 aliphatic heterocycles. The zero-order chi connectivity index (χ0) is 27.6. The number of hydrogen-bond donors (Lipinski definition) is 0. The van der Waals surface area contributed by atoms with E-state index in [0.29, 0.717) is 35.4 Å². The van der Waals surface area contributed by atoms with Gasteiger partial charge in [0.25, 0.3) is 5.91 Å². The Hall–Kier alpha value is -3.94. The minimum atomic E-state index is -0.547. The topological polar surface area (TPSA) is 72.2 Å². The fraction of sp³-hybridized carbons (Fsp3) is 0.333. The first-order valence-corrected chi connectivity index (χ1v) is 14.0. The van der Waals surface area contributed by atoms with Crippen LogP contribution < -0.4 is 10.2 Å². The highest BCUT2D eigenvalue weighted by Gasteiger charge is 2.42. The molecule has 1 amide bonds.